The van der Waals surface area contributed by atoms with Crippen molar-refractivity contribution in [1.29, 1.82) is 0 Å². The molecule has 2 amide bonds. The summed E-state index contributed by atoms with van der Waals surface area (Å²) < 4.78 is 0. The third-order valence-electron chi connectivity index (χ3n) is 4.21. The molecule has 120 valence electrons. The first-order valence-electron chi connectivity index (χ1n) is 7.84. The van der Waals surface area contributed by atoms with Crippen LogP contribution in [0.15, 0.2) is 24.3 Å². The van der Waals surface area contributed by atoms with E-state index in [-0.39, 0.29) is 23.8 Å². The summed E-state index contributed by atoms with van der Waals surface area (Å²) >= 11 is 0. The number of nitrogens with zero attached hydrogens (tertiary/aromatic N) is 1. The minimum atomic E-state index is -0.0783. The molecule has 0 aromatic heterocycles. The highest BCUT2D eigenvalue weighted by molar-refractivity contribution is 5.97. The predicted molar refractivity (Wildman–Crippen MR) is 87.6 cm³/mol. The second-order valence-corrected chi connectivity index (χ2v) is 6.24. The van der Waals surface area contributed by atoms with Crippen LogP contribution in [-0.4, -0.2) is 36.9 Å². The largest absolute Gasteiger partial charge is 0.345 e. The number of carbonyl (C=O) groups is 2. The zero-order chi connectivity index (χ0) is 16.1. The summed E-state index contributed by atoms with van der Waals surface area (Å²) in [6.45, 7) is 0. The maximum atomic E-state index is 12.2. The average molecular weight is 303 g/mol. The zero-order valence-corrected chi connectivity index (χ0v) is 13.3. The van der Waals surface area contributed by atoms with Crippen molar-refractivity contribution >= 4 is 17.5 Å². The number of nitrogens with two attached hydrogens (primary N) is 1. The lowest BCUT2D eigenvalue weighted by atomic mass is 9.83. The van der Waals surface area contributed by atoms with Gasteiger partial charge in [0.25, 0.3) is 5.91 Å². The van der Waals surface area contributed by atoms with Crippen molar-refractivity contribution < 1.29 is 9.59 Å². The van der Waals surface area contributed by atoms with Crippen molar-refractivity contribution in [2.24, 2.45) is 11.7 Å². The Morgan fingerprint density at radius 1 is 1.27 bits per heavy atom. The molecular formula is C17H25N3O2. The summed E-state index contributed by atoms with van der Waals surface area (Å²) in [7, 11) is 3.41. The van der Waals surface area contributed by atoms with Gasteiger partial charge in [0.05, 0.1) is 0 Å². The van der Waals surface area contributed by atoms with Gasteiger partial charge in [-0.2, -0.15) is 0 Å². The average Bonchev–Trinajstić information content (AvgIpc) is 2.49. The standard InChI is InChI=1S/C17H25N3O2/c1-20(2)17(22)13-7-5-8-14(10-13)19-16(21)11-12-6-3-4-9-15(12)18/h5,7-8,10,12,15H,3-4,6,9,11,18H2,1-2H3,(H,19,21). The van der Waals surface area contributed by atoms with Crippen LogP contribution in [0, 0.1) is 5.92 Å². The number of amides is 2. The van der Waals surface area contributed by atoms with Crippen LogP contribution in [0.4, 0.5) is 5.69 Å². The number of nitrogens with one attached hydrogen (secondary N) is 1. The quantitative estimate of drug-likeness (QED) is 0.895. The lowest BCUT2D eigenvalue weighted by Crippen LogP contribution is -2.35. The van der Waals surface area contributed by atoms with Crippen LogP contribution in [0.1, 0.15) is 42.5 Å². The van der Waals surface area contributed by atoms with Gasteiger partial charge in [-0.1, -0.05) is 18.9 Å². The molecule has 5 heteroatoms. The molecule has 1 aliphatic rings. The molecule has 0 radical (unpaired) electrons. The van der Waals surface area contributed by atoms with Crippen LogP contribution in [0.5, 0.6) is 0 Å². The maximum Gasteiger partial charge on any atom is 0.253 e. The van der Waals surface area contributed by atoms with E-state index >= 15 is 0 Å². The van der Waals surface area contributed by atoms with Crippen LogP contribution >= 0.6 is 0 Å². The molecule has 2 rings (SSSR count). The number of benzene rings is 1. The molecule has 0 bridgehead atoms. The van der Waals surface area contributed by atoms with Crippen molar-refractivity contribution in [1.82, 2.24) is 4.90 Å². The Hall–Kier alpha value is -1.88. The summed E-state index contributed by atoms with van der Waals surface area (Å²) in [6.07, 6.45) is 4.79. The third-order valence-corrected chi connectivity index (χ3v) is 4.21. The highest BCUT2D eigenvalue weighted by Gasteiger charge is 2.24. The first-order valence-corrected chi connectivity index (χ1v) is 7.84. The highest BCUT2D eigenvalue weighted by Crippen LogP contribution is 2.26. The lowest BCUT2D eigenvalue weighted by Gasteiger charge is -2.27. The van der Waals surface area contributed by atoms with E-state index in [2.05, 4.69) is 5.32 Å². The molecule has 1 aromatic rings. The number of rotatable bonds is 4. The lowest BCUT2D eigenvalue weighted by molar-refractivity contribution is -0.117. The normalized spacial score (nSPS) is 21.2. The Balaban J connectivity index is 1.96. The summed E-state index contributed by atoms with van der Waals surface area (Å²) in [6, 6.07) is 7.15. The van der Waals surface area contributed by atoms with Gasteiger partial charge in [0.2, 0.25) is 5.91 Å². The van der Waals surface area contributed by atoms with E-state index in [1.807, 2.05) is 0 Å². The van der Waals surface area contributed by atoms with Gasteiger partial charge in [0, 0.05) is 37.8 Å². The second kappa shape index (κ2) is 7.40. The van der Waals surface area contributed by atoms with E-state index in [0.717, 1.165) is 25.7 Å². The van der Waals surface area contributed by atoms with Gasteiger partial charge in [-0.3, -0.25) is 9.59 Å². The third kappa shape index (κ3) is 4.31. The first-order chi connectivity index (χ1) is 10.5. The summed E-state index contributed by atoms with van der Waals surface area (Å²) in [5.41, 5.74) is 7.31. The fraction of sp³-hybridized carbons (Fsp3) is 0.529. The van der Waals surface area contributed by atoms with Gasteiger partial charge in [-0.05, 0) is 37.0 Å². The molecule has 5 nitrogen and oxygen atoms in total. The Morgan fingerprint density at radius 2 is 2.00 bits per heavy atom. The Morgan fingerprint density at radius 3 is 2.68 bits per heavy atom. The van der Waals surface area contributed by atoms with Crippen molar-refractivity contribution in [3.63, 3.8) is 0 Å². The number of carbonyl (C=O) groups excluding carboxylic acids is 2. The fourth-order valence-corrected chi connectivity index (χ4v) is 2.93. The van der Waals surface area contributed by atoms with E-state index < -0.39 is 0 Å². The van der Waals surface area contributed by atoms with Gasteiger partial charge in [-0.25, -0.2) is 0 Å². The monoisotopic (exact) mass is 303 g/mol. The van der Waals surface area contributed by atoms with Gasteiger partial charge in [0.15, 0.2) is 0 Å². The van der Waals surface area contributed by atoms with Gasteiger partial charge >= 0.3 is 0 Å². The number of anilines is 1. The summed E-state index contributed by atoms with van der Waals surface area (Å²) in [5.74, 6) is 0.155. The van der Waals surface area contributed by atoms with Crippen molar-refractivity contribution in [3.05, 3.63) is 29.8 Å². The van der Waals surface area contributed by atoms with Crippen LogP contribution < -0.4 is 11.1 Å². The molecule has 0 saturated heterocycles. The topological polar surface area (TPSA) is 75.4 Å². The fourth-order valence-electron chi connectivity index (χ4n) is 2.93. The van der Waals surface area contributed by atoms with Crippen molar-refractivity contribution in [2.75, 3.05) is 19.4 Å². The molecule has 1 saturated carbocycles. The zero-order valence-electron chi connectivity index (χ0n) is 13.3. The Kier molecular flexibility index (Phi) is 5.55. The number of hydrogen-bond donors (Lipinski definition) is 2. The van der Waals surface area contributed by atoms with Crippen LogP contribution in [0.2, 0.25) is 0 Å². The van der Waals surface area contributed by atoms with Gasteiger partial charge in [0.1, 0.15) is 0 Å². The molecule has 1 aromatic carbocycles. The SMILES string of the molecule is CN(C)C(=O)c1cccc(NC(=O)CC2CCCCC2N)c1. The van der Waals surface area contributed by atoms with E-state index in [0.29, 0.717) is 17.7 Å². The molecule has 3 N–H and O–H groups in total. The smallest absolute Gasteiger partial charge is 0.253 e. The first kappa shape index (κ1) is 16.5. The number of hydrogen-bond acceptors (Lipinski definition) is 3. The Bertz CT molecular complexity index is 542. The molecule has 22 heavy (non-hydrogen) atoms. The van der Waals surface area contributed by atoms with Crippen LogP contribution in [0.25, 0.3) is 0 Å². The van der Waals surface area contributed by atoms with Crippen LogP contribution in [-0.2, 0) is 4.79 Å². The van der Waals surface area contributed by atoms with E-state index in [4.69, 9.17) is 5.73 Å². The minimum Gasteiger partial charge on any atom is -0.345 e. The van der Waals surface area contributed by atoms with E-state index in [1.54, 1.807) is 38.4 Å². The predicted octanol–water partition coefficient (Wildman–Crippen LogP) is 2.23. The van der Waals surface area contributed by atoms with Crippen LogP contribution in [0.3, 0.4) is 0 Å². The molecule has 0 aliphatic heterocycles. The molecule has 2 unspecified atom stereocenters. The molecule has 1 aliphatic carbocycles. The van der Waals surface area contributed by atoms with E-state index in [9.17, 15) is 9.59 Å². The highest BCUT2D eigenvalue weighted by atomic mass is 16.2. The Labute approximate surface area is 131 Å². The molecule has 2 atom stereocenters. The maximum absolute atomic E-state index is 12.2. The molecule has 0 spiro atoms. The van der Waals surface area contributed by atoms with Crippen molar-refractivity contribution in [2.45, 2.75) is 38.1 Å². The summed E-state index contributed by atoms with van der Waals surface area (Å²) in [4.78, 5) is 25.6. The molecular weight excluding hydrogens is 278 g/mol. The molecule has 0 heterocycles. The van der Waals surface area contributed by atoms with E-state index in [1.165, 1.54) is 4.90 Å². The molecule has 1 fully saturated rings. The minimum absolute atomic E-state index is 0.0307. The van der Waals surface area contributed by atoms with Gasteiger partial charge < -0.3 is 16.0 Å². The van der Waals surface area contributed by atoms with Gasteiger partial charge in [-0.15, -0.1) is 0 Å². The second-order valence-electron chi connectivity index (χ2n) is 6.24. The summed E-state index contributed by atoms with van der Waals surface area (Å²) in [5, 5.41) is 2.88. The van der Waals surface area contributed by atoms with Crippen molar-refractivity contribution in [3.8, 4) is 0 Å².